The van der Waals surface area contributed by atoms with Crippen molar-refractivity contribution in [3.8, 4) is 5.75 Å². The third kappa shape index (κ3) is 2.61. The molecule has 3 aromatic carbocycles. The van der Waals surface area contributed by atoms with Crippen molar-refractivity contribution in [1.29, 1.82) is 0 Å². The van der Waals surface area contributed by atoms with Gasteiger partial charge in [-0.05, 0) is 48.0 Å². The van der Waals surface area contributed by atoms with E-state index in [0.29, 0.717) is 23.4 Å². The summed E-state index contributed by atoms with van der Waals surface area (Å²) in [6.45, 7) is 0. The molecule has 0 aromatic heterocycles. The summed E-state index contributed by atoms with van der Waals surface area (Å²) < 4.78 is 5.24. The van der Waals surface area contributed by atoms with Crippen LogP contribution in [0.3, 0.4) is 0 Å². The van der Waals surface area contributed by atoms with Crippen LogP contribution in [0.1, 0.15) is 27.9 Å². The molecule has 0 radical (unpaired) electrons. The molecule has 2 aliphatic rings. The van der Waals surface area contributed by atoms with Crippen molar-refractivity contribution >= 4 is 23.2 Å². The highest BCUT2D eigenvalue weighted by molar-refractivity contribution is 6.16. The Hall–Kier alpha value is -3.93. The minimum Gasteiger partial charge on any atom is -0.497 e. The number of carbonyl (C=O) groups is 2. The second-order valence-corrected chi connectivity index (χ2v) is 7.29. The normalized spacial score (nSPS) is 19.4. The number of hydrogen-bond donors (Lipinski definition) is 1. The Morgan fingerprint density at radius 2 is 1.70 bits per heavy atom. The number of methoxy groups -OCH3 is 1. The first-order chi connectivity index (χ1) is 14.6. The Balaban J connectivity index is 1.65. The van der Waals surface area contributed by atoms with Gasteiger partial charge in [-0.25, -0.2) is 5.01 Å². The highest BCUT2D eigenvalue weighted by Gasteiger charge is 2.57. The molecule has 0 saturated heterocycles. The maximum Gasteiger partial charge on any atom is 0.275 e. The van der Waals surface area contributed by atoms with E-state index in [4.69, 9.17) is 4.74 Å². The van der Waals surface area contributed by atoms with Gasteiger partial charge >= 0.3 is 0 Å². The molecule has 2 aliphatic heterocycles. The topological polar surface area (TPSA) is 71.0 Å². The molecule has 0 saturated carbocycles. The molecule has 1 spiro atoms. The summed E-state index contributed by atoms with van der Waals surface area (Å²) in [7, 11) is 1.61. The van der Waals surface area contributed by atoms with E-state index in [1.807, 2.05) is 54.6 Å². The molecule has 1 N–H and O–H groups in total. The van der Waals surface area contributed by atoms with Gasteiger partial charge < -0.3 is 10.1 Å². The van der Waals surface area contributed by atoms with Crippen molar-refractivity contribution in [1.82, 2.24) is 5.01 Å². The van der Waals surface area contributed by atoms with Crippen molar-refractivity contribution < 1.29 is 14.3 Å². The van der Waals surface area contributed by atoms with Gasteiger partial charge in [-0.2, -0.15) is 5.10 Å². The third-order valence-corrected chi connectivity index (χ3v) is 5.64. The van der Waals surface area contributed by atoms with Crippen LogP contribution in [0.25, 0.3) is 0 Å². The van der Waals surface area contributed by atoms with Crippen molar-refractivity contribution in [2.75, 3.05) is 12.4 Å². The summed E-state index contributed by atoms with van der Waals surface area (Å²) >= 11 is 0. The zero-order valence-electron chi connectivity index (χ0n) is 16.3. The number of carbonyl (C=O) groups excluding carboxylic acids is 2. The van der Waals surface area contributed by atoms with Crippen LogP contribution in [0.15, 0.2) is 84.0 Å². The molecule has 3 aromatic rings. The number of nitrogens with one attached hydrogen (secondary N) is 1. The van der Waals surface area contributed by atoms with Crippen LogP contribution < -0.4 is 10.1 Å². The predicted molar refractivity (Wildman–Crippen MR) is 114 cm³/mol. The average Bonchev–Trinajstić information content (AvgIpc) is 3.33. The standard InChI is InChI=1S/C24H19N3O3/c1-30-18-13-11-16(12-14-18)21-15-24(19-9-5-6-10-20(19)25-23(24)29)27(26-21)22(28)17-7-3-2-4-8-17/h2-14H,15H2,1H3,(H,25,29)/t24-/m1/s1. The first kappa shape index (κ1) is 18.1. The molecule has 0 unspecified atom stereocenters. The molecule has 0 aliphatic carbocycles. The number of hydrazone groups is 1. The zero-order chi connectivity index (χ0) is 20.7. The van der Waals surface area contributed by atoms with Crippen molar-refractivity contribution in [2.45, 2.75) is 12.0 Å². The fraction of sp³-hybridized carbons (Fsp3) is 0.125. The maximum absolute atomic E-state index is 13.5. The molecule has 148 valence electrons. The Kier molecular flexibility index (Phi) is 4.13. The molecule has 5 rings (SSSR count). The average molecular weight is 397 g/mol. The van der Waals surface area contributed by atoms with E-state index in [2.05, 4.69) is 10.4 Å². The largest absolute Gasteiger partial charge is 0.497 e. The second kappa shape index (κ2) is 6.84. The Morgan fingerprint density at radius 1 is 1.00 bits per heavy atom. The summed E-state index contributed by atoms with van der Waals surface area (Å²) in [5.74, 6) is 0.166. The van der Waals surface area contributed by atoms with Crippen LogP contribution >= 0.6 is 0 Å². The molecule has 30 heavy (non-hydrogen) atoms. The number of para-hydroxylation sites is 1. The third-order valence-electron chi connectivity index (χ3n) is 5.64. The first-order valence-corrected chi connectivity index (χ1v) is 9.66. The lowest BCUT2D eigenvalue weighted by Gasteiger charge is -2.30. The van der Waals surface area contributed by atoms with E-state index < -0.39 is 5.54 Å². The number of benzene rings is 3. The monoisotopic (exact) mass is 397 g/mol. The van der Waals surface area contributed by atoms with E-state index in [1.165, 1.54) is 5.01 Å². The number of ether oxygens (including phenoxy) is 1. The van der Waals surface area contributed by atoms with Gasteiger partial charge in [-0.15, -0.1) is 0 Å². The number of anilines is 1. The zero-order valence-corrected chi connectivity index (χ0v) is 16.3. The molecular weight excluding hydrogens is 378 g/mol. The molecule has 2 amide bonds. The van der Waals surface area contributed by atoms with Crippen molar-refractivity contribution in [3.63, 3.8) is 0 Å². The Morgan fingerprint density at radius 3 is 2.43 bits per heavy atom. The lowest BCUT2D eigenvalue weighted by Crippen LogP contribution is -2.48. The summed E-state index contributed by atoms with van der Waals surface area (Å²) in [6.07, 6.45) is 0.292. The van der Waals surface area contributed by atoms with Gasteiger partial charge in [0.15, 0.2) is 5.54 Å². The van der Waals surface area contributed by atoms with Crippen LogP contribution in [0.4, 0.5) is 5.69 Å². The van der Waals surface area contributed by atoms with E-state index >= 15 is 0 Å². The minimum atomic E-state index is -1.21. The summed E-state index contributed by atoms with van der Waals surface area (Å²) in [5.41, 5.74) is 2.25. The molecule has 0 fully saturated rings. The lowest BCUT2D eigenvalue weighted by molar-refractivity contribution is -0.125. The fourth-order valence-corrected chi connectivity index (χ4v) is 4.11. The van der Waals surface area contributed by atoms with Gasteiger partial charge in [0.1, 0.15) is 5.75 Å². The molecule has 6 nitrogen and oxygen atoms in total. The Bertz CT molecular complexity index is 1170. The number of amides is 2. The van der Waals surface area contributed by atoms with Gasteiger partial charge in [0.05, 0.1) is 12.8 Å². The first-order valence-electron chi connectivity index (χ1n) is 9.66. The van der Waals surface area contributed by atoms with Crippen LogP contribution in [-0.2, 0) is 10.3 Å². The number of rotatable bonds is 3. The van der Waals surface area contributed by atoms with Crippen LogP contribution in [0.2, 0.25) is 0 Å². The lowest BCUT2D eigenvalue weighted by atomic mass is 9.84. The Labute approximate surface area is 173 Å². The molecule has 6 heteroatoms. The van der Waals surface area contributed by atoms with E-state index in [9.17, 15) is 9.59 Å². The number of nitrogens with zero attached hydrogens (tertiary/aromatic N) is 2. The van der Waals surface area contributed by atoms with Gasteiger partial charge in [0.25, 0.3) is 11.8 Å². The SMILES string of the molecule is COc1ccc(C2=NN(C(=O)c3ccccc3)[C@@]3(C2)C(=O)Nc2ccccc23)cc1. The quantitative estimate of drug-likeness (QED) is 0.731. The number of fused-ring (bicyclic) bond motifs is 2. The van der Waals surface area contributed by atoms with E-state index in [0.717, 1.165) is 16.9 Å². The molecule has 0 bridgehead atoms. The van der Waals surface area contributed by atoms with Crippen LogP contribution in [0.5, 0.6) is 5.75 Å². The van der Waals surface area contributed by atoms with Gasteiger partial charge in [-0.3, -0.25) is 9.59 Å². The van der Waals surface area contributed by atoms with Gasteiger partial charge in [-0.1, -0.05) is 36.4 Å². The molecular formula is C24H19N3O3. The smallest absolute Gasteiger partial charge is 0.275 e. The summed E-state index contributed by atoms with van der Waals surface area (Å²) in [5, 5.41) is 8.95. The van der Waals surface area contributed by atoms with Gasteiger partial charge in [0, 0.05) is 23.2 Å². The minimum absolute atomic E-state index is 0.250. The summed E-state index contributed by atoms with van der Waals surface area (Å²) in [4.78, 5) is 26.7. The van der Waals surface area contributed by atoms with Crippen LogP contribution in [0, 0.1) is 0 Å². The highest BCUT2D eigenvalue weighted by Crippen LogP contribution is 2.47. The van der Waals surface area contributed by atoms with Gasteiger partial charge in [0.2, 0.25) is 0 Å². The molecule has 1 atom stereocenters. The van der Waals surface area contributed by atoms with Crippen molar-refractivity contribution in [3.05, 3.63) is 95.6 Å². The van der Waals surface area contributed by atoms with Crippen molar-refractivity contribution in [2.24, 2.45) is 5.10 Å². The summed E-state index contributed by atoms with van der Waals surface area (Å²) in [6, 6.07) is 23.8. The van der Waals surface area contributed by atoms with E-state index in [-0.39, 0.29) is 11.8 Å². The number of hydrogen-bond acceptors (Lipinski definition) is 4. The highest BCUT2D eigenvalue weighted by atomic mass is 16.5. The maximum atomic E-state index is 13.5. The van der Waals surface area contributed by atoms with E-state index in [1.54, 1.807) is 31.4 Å². The van der Waals surface area contributed by atoms with Crippen LogP contribution in [-0.4, -0.2) is 29.6 Å². The fourth-order valence-electron chi connectivity index (χ4n) is 4.11. The predicted octanol–water partition coefficient (Wildman–Crippen LogP) is 3.79. The molecule has 2 heterocycles. The second-order valence-electron chi connectivity index (χ2n) is 7.29.